The second-order valence-electron chi connectivity index (χ2n) is 7.74. The van der Waals surface area contributed by atoms with E-state index < -0.39 is 18.0 Å². The molecule has 1 aromatic rings. The summed E-state index contributed by atoms with van der Waals surface area (Å²) in [5, 5.41) is 2.55. The van der Waals surface area contributed by atoms with Crippen molar-refractivity contribution in [3.05, 3.63) is 17.7 Å². The number of ether oxygens (including phenoxy) is 2. The van der Waals surface area contributed by atoms with Crippen molar-refractivity contribution < 1.29 is 19.1 Å². The van der Waals surface area contributed by atoms with E-state index >= 15 is 0 Å². The number of amides is 2. The van der Waals surface area contributed by atoms with Crippen molar-refractivity contribution in [2.75, 3.05) is 6.61 Å². The van der Waals surface area contributed by atoms with Gasteiger partial charge in [0.1, 0.15) is 6.04 Å². The zero-order chi connectivity index (χ0) is 18.1. The Labute approximate surface area is 152 Å². The van der Waals surface area contributed by atoms with E-state index in [1.165, 1.54) is 12.8 Å². The molecule has 1 atom stereocenters. The molecule has 1 heterocycles. The summed E-state index contributed by atoms with van der Waals surface area (Å²) in [4.78, 5) is 28.0. The third kappa shape index (κ3) is 4.65. The van der Waals surface area contributed by atoms with E-state index in [1.807, 2.05) is 6.07 Å². The molecule has 26 heavy (non-hydrogen) atoms. The highest BCUT2D eigenvalue weighted by Gasteiger charge is 2.31. The molecule has 0 unspecified atom stereocenters. The zero-order valence-electron chi connectivity index (χ0n) is 14.8. The minimum Gasteiger partial charge on any atom is -0.477 e. The monoisotopic (exact) mass is 359 g/mol. The molecule has 1 aromatic heterocycles. The van der Waals surface area contributed by atoms with Gasteiger partial charge < -0.3 is 20.5 Å². The second kappa shape index (κ2) is 7.13. The van der Waals surface area contributed by atoms with Crippen LogP contribution in [-0.2, 0) is 4.79 Å². The number of hydrogen-bond acceptors (Lipinski definition) is 5. The van der Waals surface area contributed by atoms with Gasteiger partial charge in [-0.15, -0.1) is 0 Å². The van der Waals surface area contributed by atoms with Gasteiger partial charge in [0, 0.05) is 11.6 Å². The maximum Gasteiger partial charge on any atom is 0.414 e. The van der Waals surface area contributed by atoms with Crippen molar-refractivity contribution in [1.29, 1.82) is 0 Å². The van der Waals surface area contributed by atoms with Gasteiger partial charge in [0.25, 0.3) is 0 Å². The van der Waals surface area contributed by atoms with Gasteiger partial charge in [-0.05, 0) is 55.9 Å². The van der Waals surface area contributed by atoms with E-state index in [1.54, 1.807) is 6.07 Å². The lowest BCUT2D eigenvalue weighted by Gasteiger charge is -2.15. The van der Waals surface area contributed by atoms with Crippen molar-refractivity contribution in [2.45, 2.75) is 56.9 Å². The summed E-state index contributed by atoms with van der Waals surface area (Å²) in [6, 6.07) is 2.90. The van der Waals surface area contributed by atoms with Crippen LogP contribution in [0.5, 0.6) is 11.8 Å². The second-order valence-corrected chi connectivity index (χ2v) is 7.74. The van der Waals surface area contributed by atoms with Crippen LogP contribution < -0.4 is 20.5 Å². The van der Waals surface area contributed by atoms with Crippen molar-refractivity contribution in [3.8, 4) is 11.8 Å². The number of rotatable bonds is 9. The Morgan fingerprint density at radius 1 is 1.15 bits per heavy atom. The lowest BCUT2D eigenvalue weighted by molar-refractivity contribution is -0.120. The lowest BCUT2D eigenvalue weighted by atomic mass is 10.1. The van der Waals surface area contributed by atoms with Crippen molar-refractivity contribution in [3.63, 3.8) is 0 Å². The van der Waals surface area contributed by atoms with Gasteiger partial charge in [0.05, 0.1) is 6.61 Å². The van der Waals surface area contributed by atoms with E-state index in [0.717, 1.165) is 31.2 Å². The van der Waals surface area contributed by atoms with Crippen LogP contribution in [0.4, 0.5) is 4.79 Å². The molecule has 0 saturated heterocycles. The van der Waals surface area contributed by atoms with Gasteiger partial charge in [-0.2, -0.15) is 4.98 Å². The van der Waals surface area contributed by atoms with E-state index in [2.05, 4.69) is 10.3 Å². The molecule has 3 N–H and O–H groups in total. The predicted octanol–water partition coefficient (Wildman–Crippen LogP) is 2.49. The van der Waals surface area contributed by atoms with E-state index in [9.17, 15) is 9.59 Å². The highest BCUT2D eigenvalue weighted by atomic mass is 16.6. The van der Waals surface area contributed by atoms with Gasteiger partial charge in [0.15, 0.2) is 0 Å². The number of hydrogen-bond donors (Lipinski definition) is 2. The molecule has 140 valence electrons. The third-order valence-corrected chi connectivity index (χ3v) is 5.13. The number of carbonyl (C=O) groups is 2. The molecule has 2 amide bonds. The number of primary amides is 1. The van der Waals surface area contributed by atoms with Crippen LogP contribution in [0.1, 0.15) is 56.4 Å². The molecule has 7 heteroatoms. The summed E-state index contributed by atoms with van der Waals surface area (Å²) in [6.45, 7) is 0.660. The topological polar surface area (TPSA) is 104 Å². The maximum absolute atomic E-state index is 12.1. The van der Waals surface area contributed by atoms with Crippen molar-refractivity contribution in [2.24, 2.45) is 17.6 Å². The molecule has 3 aliphatic carbocycles. The highest BCUT2D eigenvalue weighted by molar-refractivity contribution is 5.84. The van der Waals surface area contributed by atoms with Crippen LogP contribution in [0.2, 0.25) is 0 Å². The minimum absolute atomic E-state index is 0.173. The van der Waals surface area contributed by atoms with E-state index in [4.69, 9.17) is 15.2 Å². The van der Waals surface area contributed by atoms with Crippen LogP contribution in [0.25, 0.3) is 0 Å². The van der Waals surface area contributed by atoms with Crippen LogP contribution >= 0.6 is 0 Å². The van der Waals surface area contributed by atoms with Crippen LogP contribution in [0.15, 0.2) is 12.1 Å². The summed E-state index contributed by atoms with van der Waals surface area (Å²) < 4.78 is 11.1. The quantitative estimate of drug-likeness (QED) is 0.705. The average Bonchev–Trinajstić information content (AvgIpc) is 3.46. The smallest absolute Gasteiger partial charge is 0.414 e. The van der Waals surface area contributed by atoms with Crippen LogP contribution in [0.3, 0.4) is 0 Å². The molecule has 3 saturated carbocycles. The molecule has 4 rings (SSSR count). The summed E-state index contributed by atoms with van der Waals surface area (Å²) >= 11 is 0. The van der Waals surface area contributed by atoms with Crippen LogP contribution in [-0.4, -0.2) is 29.6 Å². The summed E-state index contributed by atoms with van der Waals surface area (Å²) in [5.74, 6) is 1.78. The standard InChI is InChI=1S/C19H25N3O4/c20-17(23)15(9-11-1-2-11)21-19(24)26-16-8-7-14(13-5-6-13)18(22-16)25-10-12-3-4-12/h7-8,11-13,15H,1-6,9-10H2,(H2,20,23)(H,21,24)/t15-/m0/s1. The lowest BCUT2D eigenvalue weighted by Crippen LogP contribution is -2.45. The van der Waals surface area contributed by atoms with Gasteiger partial charge in [-0.25, -0.2) is 4.79 Å². The fourth-order valence-corrected chi connectivity index (χ4v) is 2.99. The van der Waals surface area contributed by atoms with Gasteiger partial charge in [0.2, 0.25) is 17.7 Å². The first kappa shape index (κ1) is 17.1. The van der Waals surface area contributed by atoms with E-state index in [0.29, 0.717) is 36.7 Å². The first-order valence-corrected chi connectivity index (χ1v) is 9.50. The number of nitrogens with zero attached hydrogens (tertiary/aromatic N) is 1. The fraction of sp³-hybridized carbons (Fsp3) is 0.632. The Bertz CT molecular complexity index is 696. The Kier molecular flexibility index (Phi) is 4.70. The molecular formula is C19H25N3O4. The molecule has 7 nitrogen and oxygen atoms in total. The molecule has 0 spiro atoms. The largest absolute Gasteiger partial charge is 0.477 e. The molecule has 0 radical (unpaired) electrons. The van der Waals surface area contributed by atoms with Gasteiger partial charge >= 0.3 is 6.09 Å². The van der Waals surface area contributed by atoms with Gasteiger partial charge in [-0.3, -0.25) is 4.79 Å². The SMILES string of the molecule is NC(=O)[C@H](CC1CC1)NC(=O)Oc1ccc(C2CC2)c(OCC2CC2)n1. The average molecular weight is 359 g/mol. The van der Waals surface area contributed by atoms with Crippen LogP contribution in [0, 0.1) is 11.8 Å². The number of nitrogens with one attached hydrogen (secondary N) is 1. The number of aromatic nitrogens is 1. The summed E-state index contributed by atoms with van der Waals surface area (Å²) in [6.07, 6.45) is 6.69. The molecule has 0 aliphatic heterocycles. The number of nitrogens with two attached hydrogens (primary N) is 1. The number of pyridine rings is 1. The molecule has 0 bridgehead atoms. The number of carbonyl (C=O) groups excluding carboxylic acids is 2. The highest BCUT2D eigenvalue weighted by Crippen LogP contribution is 2.44. The van der Waals surface area contributed by atoms with Crippen molar-refractivity contribution in [1.82, 2.24) is 10.3 Å². The Morgan fingerprint density at radius 2 is 1.88 bits per heavy atom. The Morgan fingerprint density at radius 3 is 2.50 bits per heavy atom. The van der Waals surface area contributed by atoms with E-state index in [-0.39, 0.29) is 5.88 Å². The molecule has 3 aliphatic rings. The molecular weight excluding hydrogens is 334 g/mol. The molecule has 3 fully saturated rings. The Balaban J connectivity index is 1.38. The summed E-state index contributed by atoms with van der Waals surface area (Å²) in [5.41, 5.74) is 6.45. The maximum atomic E-state index is 12.1. The zero-order valence-corrected chi connectivity index (χ0v) is 14.8. The third-order valence-electron chi connectivity index (χ3n) is 5.13. The molecule has 0 aromatic carbocycles. The first-order valence-electron chi connectivity index (χ1n) is 9.50. The van der Waals surface area contributed by atoms with Gasteiger partial charge in [-0.1, -0.05) is 12.8 Å². The predicted molar refractivity (Wildman–Crippen MR) is 93.9 cm³/mol. The summed E-state index contributed by atoms with van der Waals surface area (Å²) in [7, 11) is 0. The first-order chi connectivity index (χ1) is 12.6. The fourth-order valence-electron chi connectivity index (χ4n) is 2.99. The Hall–Kier alpha value is -2.31. The van der Waals surface area contributed by atoms with Crippen molar-refractivity contribution >= 4 is 12.0 Å². The minimum atomic E-state index is -0.714. The normalized spacial score (nSPS) is 20.3.